The number of nitrogens with zero attached hydrogens (tertiary/aromatic N) is 1. The third-order valence-corrected chi connectivity index (χ3v) is 3.05. The number of rotatable bonds is 6. The average molecular weight is 289 g/mol. The Morgan fingerprint density at radius 2 is 2.19 bits per heavy atom. The Morgan fingerprint density at radius 1 is 1.38 bits per heavy atom. The lowest BCUT2D eigenvalue weighted by Crippen LogP contribution is -2.29. The van der Waals surface area contributed by atoms with Gasteiger partial charge in [0.1, 0.15) is 11.1 Å². The molecule has 2 heterocycles. The third-order valence-electron chi connectivity index (χ3n) is 3.05. The van der Waals surface area contributed by atoms with Crippen molar-refractivity contribution in [1.29, 1.82) is 0 Å². The van der Waals surface area contributed by atoms with Gasteiger partial charge in [-0.05, 0) is 19.4 Å². The molecule has 0 aliphatic rings. The van der Waals surface area contributed by atoms with Crippen molar-refractivity contribution in [2.75, 3.05) is 13.2 Å². The zero-order chi connectivity index (χ0) is 15.2. The van der Waals surface area contributed by atoms with E-state index in [1.807, 2.05) is 13.8 Å². The summed E-state index contributed by atoms with van der Waals surface area (Å²) in [5.41, 5.74) is 0.469. The zero-order valence-electron chi connectivity index (χ0n) is 12.2. The molecule has 1 amide bonds. The zero-order valence-corrected chi connectivity index (χ0v) is 12.2. The predicted molar refractivity (Wildman–Crippen MR) is 80.8 cm³/mol. The first-order valence-electron chi connectivity index (χ1n) is 7.10. The number of aromatic nitrogens is 2. The molecule has 0 unspecified atom stereocenters. The summed E-state index contributed by atoms with van der Waals surface area (Å²) in [7, 11) is 0. The lowest BCUT2D eigenvalue weighted by Gasteiger charge is -2.06. The van der Waals surface area contributed by atoms with Crippen molar-refractivity contribution in [2.24, 2.45) is 0 Å². The fourth-order valence-electron chi connectivity index (χ4n) is 1.94. The van der Waals surface area contributed by atoms with Crippen LogP contribution in [-0.4, -0.2) is 29.0 Å². The first-order chi connectivity index (χ1) is 10.2. The van der Waals surface area contributed by atoms with E-state index in [1.165, 1.54) is 6.20 Å². The van der Waals surface area contributed by atoms with Gasteiger partial charge in [0.15, 0.2) is 0 Å². The van der Waals surface area contributed by atoms with E-state index in [1.54, 1.807) is 12.1 Å². The van der Waals surface area contributed by atoms with Crippen molar-refractivity contribution >= 4 is 16.9 Å². The number of hydrogen-bond donors (Lipinski definition) is 2. The highest BCUT2D eigenvalue weighted by molar-refractivity contribution is 5.96. The number of hydrogen-bond acceptors (Lipinski definition) is 4. The minimum atomic E-state index is -0.390. The van der Waals surface area contributed by atoms with Crippen molar-refractivity contribution in [3.8, 4) is 5.88 Å². The van der Waals surface area contributed by atoms with Crippen molar-refractivity contribution in [3.05, 3.63) is 34.1 Å². The molecule has 6 heteroatoms. The van der Waals surface area contributed by atoms with Crippen LogP contribution in [0, 0.1) is 0 Å². The van der Waals surface area contributed by atoms with E-state index in [0.717, 1.165) is 12.8 Å². The summed E-state index contributed by atoms with van der Waals surface area (Å²) < 4.78 is 5.28. The van der Waals surface area contributed by atoms with Gasteiger partial charge >= 0.3 is 0 Å². The SMILES string of the molecule is CCCCNC(=O)c1c[nH]c2ccc(OCC)nc2c1=O. The number of aromatic amines is 1. The van der Waals surface area contributed by atoms with Crippen molar-refractivity contribution in [2.45, 2.75) is 26.7 Å². The fraction of sp³-hybridized carbons (Fsp3) is 0.400. The van der Waals surface area contributed by atoms with Gasteiger partial charge in [-0.3, -0.25) is 9.59 Å². The van der Waals surface area contributed by atoms with E-state index in [2.05, 4.69) is 15.3 Å². The molecule has 2 aromatic rings. The van der Waals surface area contributed by atoms with E-state index in [9.17, 15) is 9.59 Å². The maximum atomic E-state index is 12.4. The molecule has 0 saturated heterocycles. The van der Waals surface area contributed by atoms with Crippen LogP contribution < -0.4 is 15.5 Å². The molecule has 0 aromatic carbocycles. The summed E-state index contributed by atoms with van der Waals surface area (Å²) in [4.78, 5) is 31.4. The van der Waals surface area contributed by atoms with Gasteiger partial charge in [-0.1, -0.05) is 13.3 Å². The number of H-pyrrole nitrogens is 1. The van der Waals surface area contributed by atoms with Gasteiger partial charge in [0.2, 0.25) is 11.3 Å². The molecule has 0 spiro atoms. The summed E-state index contributed by atoms with van der Waals surface area (Å²) in [6.07, 6.45) is 3.28. The van der Waals surface area contributed by atoms with Crippen LogP contribution in [0.5, 0.6) is 5.88 Å². The summed E-state index contributed by atoms with van der Waals surface area (Å²) in [5.74, 6) is -0.00532. The van der Waals surface area contributed by atoms with Crippen LogP contribution in [0.4, 0.5) is 0 Å². The lowest BCUT2D eigenvalue weighted by atomic mass is 10.2. The molecule has 0 bridgehead atoms. The molecule has 2 rings (SSSR count). The van der Waals surface area contributed by atoms with Crippen LogP contribution in [0.1, 0.15) is 37.0 Å². The molecule has 0 aliphatic carbocycles. The number of pyridine rings is 2. The summed E-state index contributed by atoms with van der Waals surface area (Å²) in [6.45, 7) is 4.90. The number of fused-ring (bicyclic) bond motifs is 1. The maximum Gasteiger partial charge on any atom is 0.256 e. The predicted octanol–water partition coefficient (Wildman–Crippen LogP) is 1.85. The highest BCUT2D eigenvalue weighted by Crippen LogP contribution is 2.12. The number of nitrogens with one attached hydrogen (secondary N) is 2. The molecule has 2 N–H and O–H groups in total. The topological polar surface area (TPSA) is 84.1 Å². The Bertz CT molecular complexity index is 694. The highest BCUT2D eigenvalue weighted by Gasteiger charge is 2.13. The Labute approximate surface area is 122 Å². The number of carbonyl (C=O) groups is 1. The molecule has 6 nitrogen and oxygen atoms in total. The van der Waals surface area contributed by atoms with E-state index in [4.69, 9.17) is 4.74 Å². The van der Waals surface area contributed by atoms with Gasteiger partial charge in [-0.15, -0.1) is 0 Å². The molecule has 2 aromatic heterocycles. The fourth-order valence-corrected chi connectivity index (χ4v) is 1.94. The molecule has 21 heavy (non-hydrogen) atoms. The van der Waals surface area contributed by atoms with E-state index < -0.39 is 0 Å². The first-order valence-corrected chi connectivity index (χ1v) is 7.10. The minimum Gasteiger partial charge on any atom is -0.478 e. The average Bonchev–Trinajstić information content (AvgIpc) is 2.48. The molecule has 0 radical (unpaired) electrons. The third kappa shape index (κ3) is 3.39. The summed E-state index contributed by atoms with van der Waals surface area (Å²) in [6, 6.07) is 3.40. The molecule has 112 valence electrons. The normalized spacial score (nSPS) is 10.6. The van der Waals surface area contributed by atoms with Crippen molar-refractivity contribution < 1.29 is 9.53 Å². The number of ether oxygens (including phenoxy) is 1. The smallest absolute Gasteiger partial charge is 0.256 e. The second-order valence-electron chi connectivity index (χ2n) is 4.62. The molecule has 0 aliphatic heterocycles. The summed E-state index contributed by atoms with van der Waals surface area (Å²) >= 11 is 0. The van der Waals surface area contributed by atoms with Crippen LogP contribution in [0.25, 0.3) is 11.0 Å². The monoisotopic (exact) mass is 289 g/mol. The Morgan fingerprint density at radius 3 is 2.90 bits per heavy atom. The van der Waals surface area contributed by atoms with Crippen LogP contribution in [0.3, 0.4) is 0 Å². The minimum absolute atomic E-state index is 0.0692. The van der Waals surface area contributed by atoms with Crippen LogP contribution in [-0.2, 0) is 0 Å². The Hall–Kier alpha value is -2.37. The van der Waals surface area contributed by atoms with E-state index in [0.29, 0.717) is 24.5 Å². The van der Waals surface area contributed by atoms with Gasteiger partial charge in [-0.25, -0.2) is 4.98 Å². The van der Waals surface area contributed by atoms with Crippen molar-refractivity contribution in [3.63, 3.8) is 0 Å². The van der Waals surface area contributed by atoms with E-state index >= 15 is 0 Å². The number of carbonyl (C=O) groups excluding carboxylic acids is 1. The number of amides is 1. The molecule has 0 fully saturated rings. The van der Waals surface area contributed by atoms with Gasteiger partial charge < -0.3 is 15.0 Å². The van der Waals surface area contributed by atoms with Gasteiger partial charge in [0.05, 0.1) is 12.1 Å². The molecule has 0 saturated carbocycles. The van der Waals surface area contributed by atoms with E-state index in [-0.39, 0.29) is 22.4 Å². The Balaban J connectivity index is 2.35. The molecule has 0 atom stereocenters. The summed E-state index contributed by atoms with van der Waals surface area (Å²) in [5, 5.41) is 2.73. The van der Waals surface area contributed by atoms with Crippen LogP contribution in [0.15, 0.2) is 23.1 Å². The number of unbranched alkanes of at least 4 members (excludes halogenated alkanes) is 1. The lowest BCUT2D eigenvalue weighted by molar-refractivity contribution is 0.0952. The molecular formula is C15H19N3O3. The van der Waals surface area contributed by atoms with Crippen molar-refractivity contribution in [1.82, 2.24) is 15.3 Å². The molecular weight excluding hydrogens is 270 g/mol. The van der Waals surface area contributed by atoms with Crippen LogP contribution >= 0.6 is 0 Å². The highest BCUT2D eigenvalue weighted by atomic mass is 16.5. The van der Waals surface area contributed by atoms with Crippen LogP contribution in [0.2, 0.25) is 0 Å². The maximum absolute atomic E-state index is 12.4. The Kier molecular flexibility index (Phi) is 4.92. The standard InChI is InChI=1S/C15H19N3O3/c1-3-5-8-16-15(20)10-9-17-11-6-7-12(21-4-2)18-13(11)14(10)19/h6-7,9H,3-5,8H2,1-2H3,(H,16,20)(H,17,19). The van der Waals surface area contributed by atoms with Gasteiger partial charge in [0.25, 0.3) is 5.91 Å². The van der Waals surface area contributed by atoms with Gasteiger partial charge in [0, 0.05) is 18.8 Å². The first kappa shape index (κ1) is 15.0. The second-order valence-corrected chi connectivity index (χ2v) is 4.62. The van der Waals surface area contributed by atoms with Gasteiger partial charge in [-0.2, -0.15) is 0 Å². The largest absolute Gasteiger partial charge is 0.478 e. The second kappa shape index (κ2) is 6.88. The quantitative estimate of drug-likeness (QED) is 0.795.